The Balaban J connectivity index is 1.43. The number of nitrogens with one attached hydrogen (secondary N) is 2. The SMILES string of the molecule is C[C@@H]1CNC[C@H]1C(=O)NCC1CN2CCCC2CO1. The van der Waals surface area contributed by atoms with Crippen molar-refractivity contribution < 1.29 is 9.53 Å². The van der Waals surface area contributed by atoms with Crippen molar-refractivity contribution in [3.8, 4) is 0 Å². The lowest BCUT2D eigenvalue weighted by Crippen LogP contribution is -2.50. The molecule has 0 aliphatic carbocycles. The Morgan fingerprint density at radius 1 is 1.47 bits per heavy atom. The second-order valence-corrected chi connectivity index (χ2v) is 6.23. The van der Waals surface area contributed by atoms with Crippen LogP contribution in [-0.2, 0) is 9.53 Å². The third kappa shape index (κ3) is 2.93. The van der Waals surface area contributed by atoms with Gasteiger partial charge in [-0.1, -0.05) is 6.92 Å². The third-order valence-corrected chi connectivity index (χ3v) is 4.82. The molecule has 0 aromatic carbocycles. The molecule has 0 radical (unpaired) electrons. The van der Waals surface area contributed by atoms with E-state index in [2.05, 4.69) is 22.5 Å². The summed E-state index contributed by atoms with van der Waals surface area (Å²) in [4.78, 5) is 14.6. The smallest absolute Gasteiger partial charge is 0.224 e. The maximum atomic E-state index is 12.1. The molecule has 2 unspecified atom stereocenters. The van der Waals surface area contributed by atoms with Crippen molar-refractivity contribution in [3.05, 3.63) is 0 Å². The Bertz CT molecular complexity index is 337. The normalized spacial score (nSPS) is 39.2. The number of amides is 1. The second-order valence-electron chi connectivity index (χ2n) is 6.23. The van der Waals surface area contributed by atoms with Gasteiger partial charge in [-0.15, -0.1) is 0 Å². The van der Waals surface area contributed by atoms with Crippen molar-refractivity contribution in [3.63, 3.8) is 0 Å². The van der Waals surface area contributed by atoms with Gasteiger partial charge in [0.05, 0.1) is 18.6 Å². The number of carbonyl (C=O) groups is 1. The Kier molecular flexibility index (Phi) is 4.05. The van der Waals surface area contributed by atoms with Crippen molar-refractivity contribution in [2.75, 3.05) is 39.3 Å². The molecule has 0 saturated carbocycles. The van der Waals surface area contributed by atoms with Crippen molar-refractivity contribution in [1.82, 2.24) is 15.5 Å². The zero-order valence-electron chi connectivity index (χ0n) is 11.7. The van der Waals surface area contributed by atoms with Gasteiger partial charge in [0.15, 0.2) is 0 Å². The van der Waals surface area contributed by atoms with Crippen LogP contribution in [0, 0.1) is 11.8 Å². The van der Waals surface area contributed by atoms with Gasteiger partial charge >= 0.3 is 0 Å². The fourth-order valence-corrected chi connectivity index (χ4v) is 3.52. The number of morpholine rings is 1. The average molecular weight is 267 g/mol. The summed E-state index contributed by atoms with van der Waals surface area (Å²) < 4.78 is 5.86. The van der Waals surface area contributed by atoms with Gasteiger partial charge in [-0.3, -0.25) is 9.69 Å². The molecule has 0 bridgehead atoms. The van der Waals surface area contributed by atoms with Crippen molar-refractivity contribution in [2.45, 2.75) is 31.9 Å². The van der Waals surface area contributed by atoms with E-state index in [0.717, 1.165) is 26.2 Å². The fourth-order valence-electron chi connectivity index (χ4n) is 3.52. The van der Waals surface area contributed by atoms with E-state index in [9.17, 15) is 4.79 Å². The summed E-state index contributed by atoms with van der Waals surface area (Å²) in [5, 5.41) is 6.34. The molecule has 3 rings (SSSR count). The molecule has 3 fully saturated rings. The van der Waals surface area contributed by atoms with Gasteiger partial charge in [-0.2, -0.15) is 0 Å². The largest absolute Gasteiger partial charge is 0.373 e. The van der Waals surface area contributed by atoms with E-state index in [-0.39, 0.29) is 17.9 Å². The molecule has 3 aliphatic rings. The lowest BCUT2D eigenvalue weighted by atomic mass is 9.97. The lowest BCUT2D eigenvalue weighted by Gasteiger charge is -2.35. The van der Waals surface area contributed by atoms with E-state index in [1.807, 2.05) is 0 Å². The van der Waals surface area contributed by atoms with Crippen LogP contribution in [0.25, 0.3) is 0 Å². The van der Waals surface area contributed by atoms with Crippen LogP contribution < -0.4 is 10.6 Å². The predicted molar refractivity (Wildman–Crippen MR) is 72.9 cm³/mol. The molecule has 0 spiro atoms. The molecule has 19 heavy (non-hydrogen) atoms. The first-order chi connectivity index (χ1) is 9.24. The van der Waals surface area contributed by atoms with E-state index in [4.69, 9.17) is 4.74 Å². The van der Waals surface area contributed by atoms with Crippen LogP contribution >= 0.6 is 0 Å². The molecular weight excluding hydrogens is 242 g/mol. The number of nitrogens with zero attached hydrogens (tertiary/aromatic N) is 1. The summed E-state index contributed by atoms with van der Waals surface area (Å²) >= 11 is 0. The summed E-state index contributed by atoms with van der Waals surface area (Å²) in [5.74, 6) is 0.753. The summed E-state index contributed by atoms with van der Waals surface area (Å²) in [7, 11) is 0. The van der Waals surface area contributed by atoms with Crippen LogP contribution in [0.5, 0.6) is 0 Å². The van der Waals surface area contributed by atoms with Crippen LogP contribution in [-0.4, -0.2) is 62.3 Å². The van der Waals surface area contributed by atoms with Crippen molar-refractivity contribution in [1.29, 1.82) is 0 Å². The predicted octanol–water partition coefficient (Wildman–Crippen LogP) is -0.179. The molecule has 3 saturated heterocycles. The van der Waals surface area contributed by atoms with E-state index in [1.54, 1.807) is 0 Å². The van der Waals surface area contributed by atoms with Gasteiger partial charge in [0.1, 0.15) is 0 Å². The van der Waals surface area contributed by atoms with E-state index in [0.29, 0.717) is 18.5 Å². The zero-order valence-corrected chi connectivity index (χ0v) is 11.7. The Morgan fingerprint density at radius 3 is 3.16 bits per heavy atom. The van der Waals surface area contributed by atoms with E-state index < -0.39 is 0 Å². The minimum Gasteiger partial charge on any atom is -0.373 e. The number of ether oxygens (including phenoxy) is 1. The topological polar surface area (TPSA) is 53.6 Å². The summed E-state index contributed by atoms with van der Waals surface area (Å²) in [6.07, 6.45) is 2.73. The number of rotatable bonds is 3. The highest BCUT2D eigenvalue weighted by atomic mass is 16.5. The van der Waals surface area contributed by atoms with Gasteiger partial charge in [0.2, 0.25) is 5.91 Å². The summed E-state index contributed by atoms with van der Waals surface area (Å²) in [6.45, 7) is 7.56. The Morgan fingerprint density at radius 2 is 2.37 bits per heavy atom. The molecule has 0 aromatic heterocycles. The quantitative estimate of drug-likeness (QED) is 0.745. The first kappa shape index (κ1) is 13.3. The highest BCUT2D eigenvalue weighted by Gasteiger charge is 2.33. The molecule has 2 N–H and O–H groups in total. The average Bonchev–Trinajstić information content (AvgIpc) is 3.03. The van der Waals surface area contributed by atoms with Gasteiger partial charge < -0.3 is 15.4 Å². The first-order valence-electron chi connectivity index (χ1n) is 7.58. The maximum absolute atomic E-state index is 12.1. The van der Waals surface area contributed by atoms with Gasteiger partial charge in [0.25, 0.3) is 0 Å². The fraction of sp³-hybridized carbons (Fsp3) is 0.929. The number of fused-ring (bicyclic) bond motifs is 1. The molecular formula is C14H25N3O2. The second kappa shape index (κ2) is 5.77. The minimum absolute atomic E-state index is 0.128. The van der Waals surface area contributed by atoms with Crippen molar-refractivity contribution in [2.24, 2.45) is 11.8 Å². The zero-order chi connectivity index (χ0) is 13.2. The third-order valence-electron chi connectivity index (χ3n) is 4.82. The first-order valence-corrected chi connectivity index (χ1v) is 7.58. The summed E-state index contributed by atoms with van der Waals surface area (Å²) in [6, 6.07) is 0.631. The van der Waals surface area contributed by atoms with Crippen molar-refractivity contribution >= 4 is 5.91 Å². The number of hydrogen-bond donors (Lipinski definition) is 2. The Labute approximate surface area is 115 Å². The van der Waals surface area contributed by atoms with Crippen LogP contribution in [0.2, 0.25) is 0 Å². The molecule has 0 aromatic rings. The van der Waals surface area contributed by atoms with Gasteiger partial charge in [-0.05, 0) is 31.8 Å². The monoisotopic (exact) mass is 267 g/mol. The summed E-state index contributed by atoms with van der Waals surface area (Å²) in [5.41, 5.74) is 0. The van der Waals surface area contributed by atoms with E-state index in [1.165, 1.54) is 19.4 Å². The minimum atomic E-state index is 0.128. The van der Waals surface area contributed by atoms with Crippen LogP contribution in [0.1, 0.15) is 19.8 Å². The maximum Gasteiger partial charge on any atom is 0.224 e. The van der Waals surface area contributed by atoms with Crippen LogP contribution in [0.15, 0.2) is 0 Å². The standard InChI is InChI=1S/C14H25N3O2/c1-10-5-15-7-13(10)14(18)16-6-12-8-17-4-2-3-11(17)9-19-12/h10-13,15H,2-9H2,1H3,(H,16,18)/t10-,11?,12?,13-/m1/s1. The highest BCUT2D eigenvalue weighted by Crippen LogP contribution is 2.22. The van der Waals surface area contributed by atoms with E-state index >= 15 is 0 Å². The molecule has 108 valence electrons. The molecule has 5 heteroatoms. The molecule has 3 aliphatic heterocycles. The molecule has 4 atom stereocenters. The number of hydrogen-bond acceptors (Lipinski definition) is 4. The molecule has 5 nitrogen and oxygen atoms in total. The highest BCUT2D eigenvalue weighted by molar-refractivity contribution is 5.79. The van der Waals surface area contributed by atoms with Crippen LogP contribution in [0.3, 0.4) is 0 Å². The van der Waals surface area contributed by atoms with Crippen LogP contribution in [0.4, 0.5) is 0 Å². The number of carbonyl (C=O) groups excluding carboxylic acids is 1. The molecule has 3 heterocycles. The van der Waals surface area contributed by atoms with Gasteiger partial charge in [0, 0.05) is 25.7 Å². The van der Waals surface area contributed by atoms with Gasteiger partial charge in [-0.25, -0.2) is 0 Å². The molecule has 1 amide bonds. The lowest BCUT2D eigenvalue weighted by molar-refractivity contribution is -0.126. The Hall–Kier alpha value is -0.650.